The Morgan fingerprint density at radius 2 is 1.04 bits per heavy atom. The zero-order chi connectivity index (χ0) is 48.0. The van der Waals surface area contributed by atoms with Crippen LogP contribution in [0.2, 0.25) is 0 Å². The number of hydrogen-bond donors (Lipinski definition) is 0. The molecule has 4 heteroatoms. The molecule has 12 rings (SSSR count). The summed E-state index contributed by atoms with van der Waals surface area (Å²) in [7, 11) is 0. The maximum Gasteiger partial charge on any atom is 0.252 e. The highest BCUT2D eigenvalue weighted by Gasteiger charge is 2.62. The van der Waals surface area contributed by atoms with E-state index in [1.165, 1.54) is 121 Å². The van der Waals surface area contributed by atoms with E-state index in [1.54, 1.807) is 0 Å². The summed E-state index contributed by atoms with van der Waals surface area (Å²) in [6, 6.07) is 59.1. The Kier molecular flexibility index (Phi) is 9.62. The molecule has 7 aromatic rings. The molecule has 0 saturated heterocycles. The van der Waals surface area contributed by atoms with Crippen LogP contribution in [0.4, 0.5) is 45.5 Å². The van der Waals surface area contributed by atoms with Crippen LogP contribution >= 0.6 is 0 Å². The van der Waals surface area contributed by atoms with Gasteiger partial charge in [-0.2, -0.15) is 0 Å². The average molecular weight is 904 g/mol. The SMILES string of the molecule is CC(C)(C)c1ccc(N2c3cc4c(cc3B3c5ccccc5N(c5ccccc5)c5cc(N6c7ccccc7C(C)(C)C7(C)CCCCC67C)cc2c53)C(C)(C)CCC4(C)C)c(-c2ccccc2)c1. The molecule has 3 nitrogen and oxygen atoms in total. The van der Waals surface area contributed by atoms with E-state index in [2.05, 4.69) is 243 Å². The topological polar surface area (TPSA) is 9.72 Å². The first-order valence-corrected chi connectivity index (χ1v) is 26.1. The molecule has 0 spiro atoms. The molecule has 69 heavy (non-hydrogen) atoms. The van der Waals surface area contributed by atoms with Crippen molar-refractivity contribution >= 4 is 68.6 Å². The van der Waals surface area contributed by atoms with Gasteiger partial charge in [0, 0.05) is 56.3 Å². The zero-order valence-corrected chi connectivity index (χ0v) is 43.1. The molecule has 0 radical (unpaired) electrons. The summed E-state index contributed by atoms with van der Waals surface area (Å²) in [6.07, 6.45) is 7.14. The first-order valence-electron chi connectivity index (χ1n) is 26.1. The molecule has 0 amide bonds. The van der Waals surface area contributed by atoms with Gasteiger partial charge < -0.3 is 14.7 Å². The lowest BCUT2D eigenvalue weighted by Crippen LogP contribution is -2.67. The summed E-state index contributed by atoms with van der Waals surface area (Å²) in [6.45, 7) is 27.3. The lowest BCUT2D eigenvalue weighted by molar-refractivity contribution is 0.0106. The summed E-state index contributed by atoms with van der Waals surface area (Å²) >= 11 is 0. The molecule has 3 aliphatic heterocycles. The Hall–Kier alpha value is -6.00. The predicted octanol–water partition coefficient (Wildman–Crippen LogP) is 15.9. The third-order valence-corrected chi connectivity index (χ3v) is 18.9. The Morgan fingerprint density at radius 3 is 1.74 bits per heavy atom. The number of benzene rings is 7. The van der Waals surface area contributed by atoms with E-state index in [9.17, 15) is 0 Å². The van der Waals surface area contributed by atoms with Crippen LogP contribution in [0.1, 0.15) is 137 Å². The number of hydrogen-bond acceptors (Lipinski definition) is 3. The average Bonchev–Trinajstić information content (AvgIpc) is 3.33. The Balaban J connectivity index is 1.26. The first-order chi connectivity index (χ1) is 32.9. The minimum atomic E-state index is -0.150. The van der Waals surface area contributed by atoms with Gasteiger partial charge in [-0.1, -0.05) is 179 Å². The fourth-order valence-electron chi connectivity index (χ4n) is 14.3. The van der Waals surface area contributed by atoms with Gasteiger partial charge in [-0.25, -0.2) is 0 Å². The minimum Gasteiger partial charge on any atom is -0.335 e. The molecule has 1 fully saturated rings. The van der Waals surface area contributed by atoms with Crippen LogP contribution in [0.15, 0.2) is 152 Å². The first kappa shape index (κ1) is 44.2. The van der Waals surface area contributed by atoms with Gasteiger partial charge in [0.15, 0.2) is 0 Å². The van der Waals surface area contributed by atoms with Crippen LogP contribution in [-0.4, -0.2) is 12.3 Å². The molecule has 2 atom stereocenters. The Morgan fingerprint density at radius 1 is 0.449 bits per heavy atom. The van der Waals surface area contributed by atoms with E-state index in [0.717, 1.165) is 12.8 Å². The standard InChI is InChI=1S/C65H70BN3/c1-60(2,3)44-32-33-53(47(38-44)43-24-14-12-15-25-43)68-56-42-50-49(61(4,5)36-37-62(50,6)7)41-52(56)66-51-29-19-21-31-55(51)67(45-26-16-13-17-27-45)57-39-46(40-58(68)59(57)66)69-54-30-20-18-28-48(54)63(8,9)64(10)34-22-23-35-65(64,69)11/h12-21,24-33,38-42H,22-23,34-37H2,1-11H3. The van der Waals surface area contributed by atoms with E-state index in [1.807, 2.05) is 0 Å². The zero-order valence-electron chi connectivity index (χ0n) is 43.1. The summed E-state index contributed by atoms with van der Waals surface area (Å²) in [5.74, 6) is 0. The molecule has 7 aromatic carbocycles. The van der Waals surface area contributed by atoms with Crippen LogP contribution in [0.5, 0.6) is 0 Å². The summed E-state index contributed by atoms with van der Waals surface area (Å²) in [4.78, 5) is 8.18. The molecule has 2 unspecified atom stereocenters. The summed E-state index contributed by atoms with van der Waals surface area (Å²) in [5.41, 5.74) is 22.4. The van der Waals surface area contributed by atoms with E-state index >= 15 is 0 Å². The van der Waals surface area contributed by atoms with Crippen LogP contribution < -0.4 is 31.1 Å². The number of rotatable bonds is 4. The molecular weight excluding hydrogens is 834 g/mol. The van der Waals surface area contributed by atoms with Crippen molar-refractivity contribution in [3.8, 4) is 11.1 Å². The second-order valence-corrected chi connectivity index (χ2v) is 24.8. The van der Waals surface area contributed by atoms with Crippen molar-refractivity contribution in [2.45, 2.75) is 142 Å². The van der Waals surface area contributed by atoms with E-state index < -0.39 is 0 Å². The molecule has 0 N–H and O–H groups in total. The molecule has 0 aromatic heterocycles. The van der Waals surface area contributed by atoms with Crippen molar-refractivity contribution in [1.29, 1.82) is 0 Å². The van der Waals surface area contributed by atoms with Crippen LogP contribution in [0.3, 0.4) is 0 Å². The number of fused-ring (bicyclic) bond motifs is 7. The van der Waals surface area contributed by atoms with Gasteiger partial charge in [-0.05, 0) is 153 Å². The highest BCUT2D eigenvalue weighted by atomic mass is 15.3. The monoisotopic (exact) mass is 904 g/mol. The van der Waals surface area contributed by atoms with Crippen molar-refractivity contribution in [2.24, 2.45) is 5.41 Å². The van der Waals surface area contributed by atoms with E-state index in [0.29, 0.717) is 0 Å². The lowest BCUT2D eigenvalue weighted by atomic mass is 9.33. The van der Waals surface area contributed by atoms with Gasteiger partial charge in [0.2, 0.25) is 0 Å². The van der Waals surface area contributed by atoms with Crippen molar-refractivity contribution in [2.75, 3.05) is 14.7 Å². The number of para-hydroxylation sites is 3. The third-order valence-electron chi connectivity index (χ3n) is 18.9. The van der Waals surface area contributed by atoms with Crippen molar-refractivity contribution in [1.82, 2.24) is 0 Å². The maximum atomic E-state index is 2.84. The van der Waals surface area contributed by atoms with E-state index in [4.69, 9.17) is 0 Å². The Bertz CT molecular complexity index is 3190. The van der Waals surface area contributed by atoms with Gasteiger partial charge in [-0.3, -0.25) is 0 Å². The summed E-state index contributed by atoms with van der Waals surface area (Å²) < 4.78 is 0. The van der Waals surface area contributed by atoms with Gasteiger partial charge in [0.05, 0.1) is 5.69 Å². The van der Waals surface area contributed by atoms with Gasteiger partial charge in [0.25, 0.3) is 6.71 Å². The van der Waals surface area contributed by atoms with Crippen molar-refractivity contribution in [3.63, 3.8) is 0 Å². The Labute approximate surface area is 413 Å². The molecule has 5 aliphatic rings. The van der Waals surface area contributed by atoms with Crippen LogP contribution in [0, 0.1) is 5.41 Å². The largest absolute Gasteiger partial charge is 0.335 e. The molecular formula is C65H70BN3. The van der Waals surface area contributed by atoms with E-state index in [-0.39, 0.29) is 39.3 Å². The lowest BCUT2D eigenvalue weighted by Gasteiger charge is -2.66. The second kappa shape index (κ2) is 15.0. The number of nitrogens with zero attached hydrogens (tertiary/aromatic N) is 3. The fraction of sp³-hybridized carbons (Fsp3) is 0.354. The predicted molar refractivity (Wildman–Crippen MR) is 296 cm³/mol. The maximum absolute atomic E-state index is 2.84. The molecule has 348 valence electrons. The molecule has 0 bridgehead atoms. The second-order valence-electron chi connectivity index (χ2n) is 24.8. The van der Waals surface area contributed by atoms with Gasteiger partial charge >= 0.3 is 0 Å². The molecule has 3 heterocycles. The third kappa shape index (κ3) is 6.25. The summed E-state index contributed by atoms with van der Waals surface area (Å²) in [5, 5.41) is 0. The number of anilines is 8. The molecule has 1 saturated carbocycles. The normalized spacial score (nSPS) is 22.4. The molecule has 2 aliphatic carbocycles. The van der Waals surface area contributed by atoms with Crippen LogP contribution in [-0.2, 0) is 21.7 Å². The van der Waals surface area contributed by atoms with Gasteiger partial charge in [0.1, 0.15) is 0 Å². The highest BCUT2D eigenvalue weighted by molar-refractivity contribution is 7.00. The van der Waals surface area contributed by atoms with Crippen LogP contribution in [0.25, 0.3) is 11.1 Å². The van der Waals surface area contributed by atoms with Crippen molar-refractivity contribution < 1.29 is 0 Å². The smallest absolute Gasteiger partial charge is 0.252 e. The van der Waals surface area contributed by atoms with Gasteiger partial charge in [-0.15, -0.1) is 0 Å². The van der Waals surface area contributed by atoms with Crippen molar-refractivity contribution in [3.05, 3.63) is 174 Å². The fourth-order valence-corrected chi connectivity index (χ4v) is 14.3. The highest BCUT2D eigenvalue weighted by Crippen LogP contribution is 2.66. The quantitative estimate of drug-likeness (QED) is 0.163. The minimum absolute atomic E-state index is 0.0149.